The molecule has 2 heterocycles. The van der Waals surface area contributed by atoms with Crippen LogP contribution in [-0.4, -0.2) is 66.4 Å². The average Bonchev–Trinajstić information content (AvgIpc) is 3.54. The minimum absolute atomic E-state index is 0.141. The zero-order chi connectivity index (χ0) is 28.0. The molecule has 2 aromatic rings. The van der Waals surface area contributed by atoms with Crippen LogP contribution in [0.5, 0.6) is 0 Å². The van der Waals surface area contributed by atoms with E-state index in [1.165, 1.54) is 11.1 Å². The number of epoxide rings is 1. The Morgan fingerprint density at radius 3 is 2.54 bits per heavy atom. The van der Waals surface area contributed by atoms with E-state index in [-0.39, 0.29) is 25.5 Å². The van der Waals surface area contributed by atoms with Gasteiger partial charge in [0.25, 0.3) is 0 Å². The summed E-state index contributed by atoms with van der Waals surface area (Å²) >= 11 is 0. The lowest BCUT2D eigenvalue weighted by Gasteiger charge is -2.30. The fourth-order valence-electron chi connectivity index (χ4n) is 6.74. The van der Waals surface area contributed by atoms with Crippen molar-refractivity contribution in [3.8, 4) is 0 Å². The van der Waals surface area contributed by atoms with E-state index in [0.29, 0.717) is 42.1 Å². The van der Waals surface area contributed by atoms with Crippen molar-refractivity contribution in [2.75, 3.05) is 13.2 Å². The smallest absolute Gasteiger partial charge is 0.338 e. The number of aliphatic hydroxyl groups is 1. The highest BCUT2D eigenvalue weighted by Gasteiger charge is 2.55. The maximum atomic E-state index is 13.3. The first-order valence-corrected chi connectivity index (χ1v) is 14.7. The number of aliphatic hydroxyl groups excluding tert-OH is 1. The summed E-state index contributed by atoms with van der Waals surface area (Å²) in [5.41, 5.74) is 4.27. The predicted molar refractivity (Wildman–Crippen MR) is 150 cm³/mol. The Balaban J connectivity index is 1.05. The van der Waals surface area contributed by atoms with Crippen LogP contribution in [0.3, 0.4) is 0 Å². The summed E-state index contributed by atoms with van der Waals surface area (Å²) in [7, 11) is 0. The van der Waals surface area contributed by atoms with Crippen molar-refractivity contribution in [1.82, 2.24) is 5.32 Å². The Hall–Kier alpha value is -3.30. The molecular weight excluding hydrogens is 522 g/mol. The van der Waals surface area contributed by atoms with Gasteiger partial charge in [-0.15, -0.1) is 0 Å². The lowest BCUT2D eigenvalue weighted by molar-refractivity contribution is -0.172. The zero-order valence-corrected chi connectivity index (χ0v) is 22.9. The molecule has 2 N–H and O–H groups in total. The summed E-state index contributed by atoms with van der Waals surface area (Å²) in [5.74, 6) is -1.10. The van der Waals surface area contributed by atoms with Gasteiger partial charge in [-0.1, -0.05) is 48.6 Å². The molecule has 2 saturated heterocycles. The average molecular weight is 558 g/mol. The van der Waals surface area contributed by atoms with Gasteiger partial charge < -0.3 is 29.4 Å². The summed E-state index contributed by atoms with van der Waals surface area (Å²) in [6.07, 6.45) is 10.1. The van der Waals surface area contributed by atoms with Crippen LogP contribution in [0.4, 0.5) is 0 Å². The molecule has 0 bridgehead atoms. The Kier molecular flexibility index (Phi) is 7.03. The van der Waals surface area contributed by atoms with Crippen LogP contribution >= 0.6 is 0 Å². The number of hydrogen-bond acceptors (Lipinski definition) is 7. The largest absolute Gasteiger partial charge is 0.456 e. The molecule has 0 aromatic heterocycles. The highest BCUT2D eigenvalue weighted by Crippen LogP contribution is 2.45. The van der Waals surface area contributed by atoms with Crippen LogP contribution in [0.2, 0.25) is 0 Å². The van der Waals surface area contributed by atoms with Crippen molar-refractivity contribution in [1.29, 1.82) is 0 Å². The fraction of sp³-hybridized carbons (Fsp3) is 0.455. The van der Waals surface area contributed by atoms with E-state index in [2.05, 4.69) is 29.6 Å². The summed E-state index contributed by atoms with van der Waals surface area (Å²) < 4.78 is 24.7. The number of amides is 1. The lowest BCUT2D eigenvalue weighted by atomic mass is 9.89. The van der Waals surface area contributed by atoms with E-state index in [4.69, 9.17) is 24.1 Å². The molecule has 8 nitrogen and oxygen atoms in total. The summed E-state index contributed by atoms with van der Waals surface area (Å²) in [4.78, 5) is 26.1. The number of fused-ring (bicyclic) bond motifs is 3. The van der Waals surface area contributed by atoms with Gasteiger partial charge in [0.1, 0.15) is 18.3 Å². The van der Waals surface area contributed by atoms with Crippen molar-refractivity contribution in [3.05, 3.63) is 88.5 Å². The number of rotatable bonds is 7. The Morgan fingerprint density at radius 2 is 1.80 bits per heavy atom. The third-order valence-electron chi connectivity index (χ3n) is 8.92. The molecule has 2 aromatic carbocycles. The SMILES string of the molecule is O=C(NCCO)C1=C[C@H]2OC3(Cc4ccccc4C3)O[C@H]2[C@H](OC(=O)c2ccc(C=CC3CCC4OC4C3)cc2)C1. The minimum atomic E-state index is -0.851. The molecule has 6 atom stereocenters. The number of ether oxygens (including phenoxy) is 4. The van der Waals surface area contributed by atoms with Crippen molar-refractivity contribution < 1.29 is 33.6 Å². The lowest BCUT2D eigenvalue weighted by Crippen LogP contribution is -2.44. The van der Waals surface area contributed by atoms with Crippen molar-refractivity contribution in [2.24, 2.45) is 5.92 Å². The van der Waals surface area contributed by atoms with Gasteiger partial charge >= 0.3 is 5.97 Å². The number of carbonyl (C=O) groups excluding carboxylic acids is 2. The number of nitrogens with one attached hydrogen (secondary N) is 1. The molecule has 214 valence electrons. The summed E-state index contributed by atoms with van der Waals surface area (Å²) in [6.45, 7) is -0.0204. The summed E-state index contributed by atoms with van der Waals surface area (Å²) in [5, 5.41) is 11.9. The molecule has 1 spiro atoms. The maximum absolute atomic E-state index is 13.3. The van der Waals surface area contributed by atoms with Gasteiger partial charge in [0.05, 0.1) is 24.4 Å². The highest BCUT2D eigenvalue weighted by molar-refractivity contribution is 5.94. The zero-order valence-electron chi connectivity index (χ0n) is 22.9. The third kappa shape index (κ3) is 5.49. The second kappa shape index (κ2) is 10.8. The third-order valence-corrected chi connectivity index (χ3v) is 8.92. The molecule has 1 amide bonds. The second-order valence-electron chi connectivity index (χ2n) is 11.8. The topological polar surface area (TPSA) is 107 Å². The van der Waals surface area contributed by atoms with Gasteiger partial charge in [-0.05, 0) is 60.1 Å². The van der Waals surface area contributed by atoms with E-state index >= 15 is 0 Å². The first-order chi connectivity index (χ1) is 20.0. The Morgan fingerprint density at radius 1 is 1.02 bits per heavy atom. The van der Waals surface area contributed by atoms with Gasteiger partial charge in [-0.2, -0.15) is 0 Å². The normalized spacial score (nSPS) is 30.8. The second-order valence-corrected chi connectivity index (χ2v) is 11.8. The molecule has 8 heteroatoms. The van der Waals surface area contributed by atoms with Crippen molar-refractivity contribution >= 4 is 18.0 Å². The minimum Gasteiger partial charge on any atom is -0.456 e. The van der Waals surface area contributed by atoms with Gasteiger partial charge in [0.2, 0.25) is 5.91 Å². The van der Waals surface area contributed by atoms with Gasteiger partial charge in [0.15, 0.2) is 5.79 Å². The van der Waals surface area contributed by atoms with E-state index in [1.54, 1.807) is 18.2 Å². The molecule has 5 aliphatic rings. The van der Waals surface area contributed by atoms with Crippen LogP contribution in [0, 0.1) is 5.92 Å². The standard InChI is InChI=1S/C33H35NO7/c35-14-13-34-31(36)25-16-28(30-29(17-25)40-33(41-30)18-23-3-1-2-4-24(23)19-33)39-32(37)22-10-7-20(8-11-22)5-6-21-9-12-26-27(15-21)38-26/h1-8,10-11,17,21,26-30,35H,9,12-16,18-19H2,(H,34,36)/t21?,26?,27?,28-,29-,30+/m1/s1. The fourth-order valence-corrected chi connectivity index (χ4v) is 6.74. The molecule has 1 saturated carbocycles. The monoisotopic (exact) mass is 557 g/mol. The summed E-state index contributed by atoms with van der Waals surface area (Å²) in [6, 6.07) is 15.5. The molecule has 0 radical (unpaired) electrons. The van der Waals surface area contributed by atoms with Gasteiger partial charge in [0, 0.05) is 31.4 Å². The first-order valence-electron chi connectivity index (χ1n) is 14.7. The number of carbonyl (C=O) groups is 2. The predicted octanol–water partition coefficient (Wildman–Crippen LogP) is 3.51. The molecule has 3 aliphatic carbocycles. The highest BCUT2D eigenvalue weighted by atomic mass is 16.8. The van der Waals surface area contributed by atoms with Crippen molar-refractivity contribution in [2.45, 2.75) is 74.8 Å². The maximum Gasteiger partial charge on any atom is 0.338 e. The van der Waals surface area contributed by atoms with Crippen LogP contribution in [0.1, 0.15) is 52.7 Å². The van der Waals surface area contributed by atoms with Gasteiger partial charge in [-0.25, -0.2) is 4.79 Å². The van der Waals surface area contributed by atoms with E-state index in [9.17, 15) is 9.59 Å². The molecule has 3 unspecified atom stereocenters. The molecule has 3 fully saturated rings. The van der Waals surface area contributed by atoms with Crippen LogP contribution in [-0.2, 0) is 36.6 Å². The van der Waals surface area contributed by atoms with Crippen LogP contribution in [0.25, 0.3) is 6.08 Å². The van der Waals surface area contributed by atoms with E-state index in [0.717, 1.165) is 24.8 Å². The molecular formula is C33H35NO7. The van der Waals surface area contributed by atoms with Crippen LogP contribution in [0.15, 0.2) is 66.3 Å². The Bertz CT molecular complexity index is 1360. The quantitative estimate of drug-likeness (QED) is 0.396. The van der Waals surface area contributed by atoms with E-state index < -0.39 is 30.1 Å². The number of esters is 1. The Labute approximate surface area is 239 Å². The number of allylic oxidation sites excluding steroid dienone is 1. The van der Waals surface area contributed by atoms with E-state index in [1.807, 2.05) is 24.3 Å². The number of benzene rings is 2. The number of hydrogen-bond donors (Lipinski definition) is 2. The molecule has 7 rings (SSSR count). The van der Waals surface area contributed by atoms with Crippen LogP contribution < -0.4 is 5.32 Å². The molecule has 41 heavy (non-hydrogen) atoms. The van der Waals surface area contributed by atoms with Gasteiger partial charge in [-0.3, -0.25) is 4.79 Å². The molecule has 2 aliphatic heterocycles. The first kappa shape index (κ1) is 26.6. The van der Waals surface area contributed by atoms with Crippen molar-refractivity contribution in [3.63, 3.8) is 0 Å².